The highest BCUT2D eigenvalue weighted by molar-refractivity contribution is 5.79. The Labute approximate surface area is 108 Å². The largest absolute Gasteiger partial charge is 0.336 e. The predicted octanol–water partition coefficient (Wildman–Crippen LogP) is 3.02. The van der Waals surface area contributed by atoms with Crippen LogP contribution in [0.1, 0.15) is 49.8 Å². The van der Waals surface area contributed by atoms with Crippen LogP contribution in [-0.4, -0.2) is 17.4 Å². The van der Waals surface area contributed by atoms with Crippen molar-refractivity contribution in [2.75, 3.05) is 6.54 Å². The van der Waals surface area contributed by atoms with Gasteiger partial charge in [-0.1, -0.05) is 25.5 Å². The van der Waals surface area contributed by atoms with Gasteiger partial charge in [-0.3, -0.25) is 4.79 Å². The Balaban J connectivity index is 2.15. The van der Waals surface area contributed by atoms with Crippen LogP contribution in [0.25, 0.3) is 0 Å². The number of nitrogens with zero attached hydrogens (tertiary/aromatic N) is 2. The van der Waals surface area contributed by atoms with Gasteiger partial charge >= 0.3 is 0 Å². The molecule has 2 rings (SSSR count). The fourth-order valence-corrected chi connectivity index (χ4v) is 2.47. The fraction of sp³-hybridized carbons (Fsp3) is 0.467. The van der Waals surface area contributed by atoms with Crippen molar-refractivity contribution in [1.29, 1.82) is 5.26 Å². The molecule has 18 heavy (non-hydrogen) atoms. The number of benzene rings is 1. The Hall–Kier alpha value is -1.82. The van der Waals surface area contributed by atoms with E-state index in [4.69, 9.17) is 5.26 Å². The number of hydrogen-bond acceptors (Lipinski definition) is 2. The summed E-state index contributed by atoms with van der Waals surface area (Å²) in [5.74, 6) is 0.262. The van der Waals surface area contributed by atoms with E-state index in [1.807, 2.05) is 29.2 Å². The van der Waals surface area contributed by atoms with Crippen LogP contribution in [0.4, 0.5) is 0 Å². The van der Waals surface area contributed by atoms with E-state index in [9.17, 15) is 4.79 Å². The van der Waals surface area contributed by atoms with Crippen molar-refractivity contribution in [2.24, 2.45) is 0 Å². The third kappa shape index (κ3) is 2.53. The molecule has 1 aliphatic rings. The molecule has 1 aromatic carbocycles. The van der Waals surface area contributed by atoms with Crippen molar-refractivity contribution in [2.45, 2.75) is 38.6 Å². The van der Waals surface area contributed by atoms with E-state index in [0.29, 0.717) is 12.0 Å². The van der Waals surface area contributed by atoms with Crippen LogP contribution in [0.2, 0.25) is 0 Å². The van der Waals surface area contributed by atoms with Crippen molar-refractivity contribution in [3.63, 3.8) is 0 Å². The molecule has 1 unspecified atom stereocenters. The zero-order valence-electron chi connectivity index (χ0n) is 10.7. The molecule has 0 bridgehead atoms. The molecule has 94 valence electrons. The van der Waals surface area contributed by atoms with Gasteiger partial charge in [-0.15, -0.1) is 0 Å². The lowest BCUT2D eigenvalue weighted by Gasteiger charge is -2.25. The molecular formula is C15H18N2O. The second kappa shape index (κ2) is 5.68. The average Bonchev–Trinajstić information content (AvgIpc) is 2.78. The number of hydrogen-bond donors (Lipinski definition) is 0. The van der Waals surface area contributed by atoms with E-state index >= 15 is 0 Å². The van der Waals surface area contributed by atoms with Gasteiger partial charge in [0.15, 0.2) is 0 Å². The summed E-state index contributed by atoms with van der Waals surface area (Å²) in [5.41, 5.74) is 1.82. The van der Waals surface area contributed by atoms with Crippen LogP contribution in [0.15, 0.2) is 24.3 Å². The van der Waals surface area contributed by atoms with E-state index in [0.717, 1.165) is 31.4 Å². The van der Waals surface area contributed by atoms with Crippen molar-refractivity contribution in [3.05, 3.63) is 35.4 Å². The SMILES string of the molecule is CCCCN1C(=O)CCC1c1ccc(C#N)cc1. The van der Waals surface area contributed by atoms with E-state index in [2.05, 4.69) is 13.0 Å². The number of amides is 1. The molecule has 1 saturated heterocycles. The van der Waals surface area contributed by atoms with Crippen molar-refractivity contribution in [1.82, 2.24) is 4.90 Å². The highest BCUT2D eigenvalue weighted by Gasteiger charge is 2.31. The fourth-order valence-electron chi connectivity index (χ4n) is 2.47. The van der Waals surface area contributed by atoms with Crippen molar-refractivity contribution in [3.8, 4) is 6.07 Å². The molecule has 1 amide bonds. The monoisotopic (exact) mass is 242 g/mol. The van der Waals surface area contributed by atoms with Crippen LogP contribution in [0.5, 0.6) is 0 Å². The first-order chi connectivity index (χ1) is 8.76. The summed E-state index contributed by atoms with van der Waals surface area (Å²) in [4.78, 5) is 13.9. The highest BCUT2D eigenvalue weighted by atomic mass is 16.2. The van der Waals surface area contributed by atoms with Crippen molar-refractivity contribution < 1.29 is 4.79 Å². The minimum absolute atomic E-state index is 0.205. The van der Waals surface area contributed by atoms with Gasteiger partial charge in [0.1, 0.15) is 0 Å². The summed E-state index contributed by atoms with van der Waals surface area (Å²) in [6.07, 6.45) is 3.70. The molecule has 0 N–H and O–H groups in total. The topological polar surface area (TPSA) is 44.1 Å². The summed E-state index contributed by atoms with van der Waals surface area (Å²) < 4.78 is 0. The third-order valence-corrected chi connectivity index (χ3v) is 3.51. The maximum absolute atomic E-state index is 11.9. The molecule has 1 aromatic rings. The summed E-state index contributed by atoms with van der Waals surface area (Å²) in [5, 5.41) is 8.79. The van der Waals surface area contributed by atoms with E-state index < -0.39 is 0 Å². The lowest BCUT2D eigenvalue weighted by atomic mass is 10.0. The second-order valence-electron chi connectivity index (χ2n) is 4.73. The molecule has 0 radical (unpaired) electrons. The van der Waals surface area contributed by atoms with Gasteiger partial charge in [0.25, 0.3) is 0 Å². The summed E-state index contributed by atoms with van der Waals surface area (Å²) in [7, 11) is 0. The molecule has 1 fully saturated rings. The normalized spacial score (nSPS) is 19.0. The number of rotatable bonds is 4. The Bertz CT molecular complexity index is 458. The molecular weight excluding hydrogens is 224 g/mol. The molecule has 3 heteroatoms. The molecule has 0 saturated carbocycles. The van der Waals surface area contributed by atoms with Gasteiger partial charge in [-0.05, 0) is 30.5 Å². The molecule has 0 aliphatic carbocycles. The predicted molar refractivity (Wildman–Crippen MR) is 69.8 cm³/mol. The van der Waals surface area contributed by atoms with Crippen LogP contribution in [0.3, 0.4) is 0 Å². The smallest absolute Gasteiger partial charge is 0.223 e. The van der Waals surface area contributed by atoms with E-state index in [1.54, 1.807) is 0 Å². The average molecular weight is 242 g/mol. The van der Waals surface area contributed by atoms with Gasteiger partial charge in [-0.25, -0.2) is 0 Å². The number of likely N-dealkylation sites (tertiary alicyclic amines) is 1. The van der Waals surface area contributed by atoms with Crippen LogP contribution >= 0.6 is 0 Å². The standard InChI is InChI=1S/C15H18N2O/c1-2-3-10-17-14(8-9-15(17)18)13-6-4-12(11-16)5-7-13/h4-7,14H,2-3,8-10H2,1H3. The Kier molecular flexibility index (Phi) is 3.99. The summed E-state index contributed by atoms with van der Waals surface area (Å²) >= 11 is 0. The van der Waals surface area contributed by atoms with Crippen LogP contribution < -0.4 is 0 Å². The lowest BCUT2D eigenvalue weighted by Crippen LogP contribution is -2.28. The zero-order chi connectivity index (χ0) is 13.0. The number of nitriles is 1. The van der Waals surface area contributed by atoms with Crippen LogP contribution in [0, 0.1) is 11.3 Å². The van der Waals surface area contributed by atoms with Gasteiger partial charge in [0, 0.05) is 13.0 Å². The minimum atomic E-state index is 0.205. The first-order valence-electron chi connectivity index (χ1n) is 6.55. The van der Waals surface area contributed by atoms with Gasteiger partial charge in [0.2, 0.25) is 5.91 Å². The third-order valence-electron chi connectivity index (χ3n) is 3.51. The molecule has 3 nitrogen and oxygen atoms in total. The molecule has 1 heterocycles. The minimum Gasteiger partial charge on any atom is -0.336 e. The van der Waals surface area contributed by atoms with Crippen molar-refractivity contribution >= 4 is 5.91 Å². The van der Waals surface area contributed by atoms with Gasteiger partial charge in [0.05, 0.1) is 17.7 Å². The summed E-state index contributed by atoms with van der Waals surface area (Å²) in [6, 6.07) is 9.93. The highest BCUT2D eigenvalue weighted by Crippen LogP contribution is 2.32. The first-order valence-corrected chi connectivity index (χ1v) is 6.55. The number of carbonyl (C=O) groups excluding carboxylic acids is 1. The summed E-state index contributed by atoms with van der Waals surface area (Å²) in [6.45, 7) is 2.98. The molecule has 1 atom stereocenters. The van der Waals surface area contributed by atoms with Crippen LogP contribution in [-0.2, 0) is 4.79 Å². The van der Waals surface area contributed by atoms with E-state index in [1.165, 1.54) is 0 Å². The Morgan fingerprint density at radius 3 is 2.72 bits per heavy atom. The Morgan fingerprint density at radius 2 is 2.11 bits per heavy atom. The number of unbranched alkanes of at least 4 members (excludes halogenated alkanes) is 1. The Morgan fingerprint density at radius 1 is 1.39 bits per heavy atom. The maximum atomic E-state index is 11.9. The van der Waals surface area contributed by atoms with Gasteiger partial charge in [-0.2, -0.15) is 5.26 Å². The van der Waals surface area contributed by atoms with Gasteiger partial charge < -0.3 is 4.90 Å². The van der Waals surface area contributed by atoms with E-state index in [-0.39, 0.29) is 11.9 Å². The maximum Gasteiger partial charge on any atom is 0.223 e. The molecule has 0 aromatic heterocycles. The molecule has 0 spiro atoms. The number of carbonyl (C=O) groups is 1. The lowest BCUT2D eigenvalue weighted by molar-refractivity contribution is -0.129. The quantitative estimate of drug-likeness (QED) is 0.814. The zero-order valence-corrected chi connectivity index (χ0v) is 10.7. The second-order valence-corrected chi connectivity index (χ2v) is 4.73. The molecule has 1 aliphatic heterocycles. The first kappa shape index (κ1) is 12.6.